The fourth-order valence-electron chi connectivity index (χ4n) is 1.91. The van der Waals surface area contributed by atoms with Crippen LogP contribution in [0.4, 0.5) is 0 Å². The molecule has 1 fully saturated rings. The normalized spacial score (nSPS) is 21.9. The minimum Gasteiger partial charge on any atom is -0.355 e. The average molecular weight is 304 g/mol. The van der Waals surface area contributed by atoms with Crippen molar-refractivity contribution >= 4 is 25.1 Å². The first-order valence-electron chi connectivity index (χ1n) is 6.68. The fourth-order valence-corrected chi connectivity index (χ4v) is 2.69. The molecule has 0 saturated carbocycles. The maximum atomic E-state index is 11.6. The molecule has 0 aromatic heterocycles. The lowest BCUT2D eigenvalue weighted by molar-refractivity contribution is -0.139. The van der Waals surface area contributed by atoms with E-state index in [1.54, 1.807) is 13.8 Å². The predicted molar refractivity (Wildman–Crippen MR) is 73.4 cm³/mol. The lowest BCUT2D eigenvalue weighted by atomic mass is 10.1. The molecule has 1 rings (SSSR count). The molecule has 3 amide bonds. The van der Waals surface area contributed by atoms with Crippen LogP contribution in [-0.4, -0.2) is 52.9 Å². The molecule has 0 radical (unpaired) electrons. The van der Waals surface area contributed by atoms with Gasteiger partial charge in [0, 0.05) is 44.2 Å². The van der Waals surface area contributed by atoms with Crippen molar-refractivity contribution in [1.29, 1.82) is 0 Å². The molecule has 114 valence electrons. The molecule has 2 unspecified atom stereocenters. The Morgan fingerprint density at radius 3 is 2.65 bits per heavy atom. The zero-order valence-electron chi connectivity index (χ0n) is 11.8. The minimum absolute atomic E-state index is 0.0199. The number of nitrogens with one attached hydrogen (secondary N) is 1. The van der Waals surface area contributed by atoms with E-state index in [-0.39, 0.29) is 61.9 Å². The Balaban J connectivity index is 2.29. The highest BCUT2D eigenvalue weighted by atomic mass is 31.2. The smallest absolute Gasteiger partial charge is 0.232 e. The third-order valence-corrected chi connectivity index (χ3v) is 5.22. The van der Waals surface area contributed by atoms with Crippen LogP contribution in [0.1, 0.15) is 26.7 Å². The standard InChI is InChI=1S/C12H21N2O5P/c1-3-20(18,19)7-5-13-10(15)4-6-14-11(16)8-9(2)12(14)17/h9H,3-8H2,1-2H3,(H,13,15)(H,18,19). The van der Waals surface area contributed by atoms with Gasteiger partial charge in [0.05, 0.1) is 0 Å². The SMILES string of the molecule is CCP(=O)(O)CCNC(=O)CCN1C(=O)CC(C)C1=O. The van der Waals surface area contributed by atoms with Gasteiger partial charge in [-0.1, -0.05) is 13.8 Å². The van der Waals surface area contributed by atoms with Gasteiger partial charge in [-0.2, -0.15) is 0 Å². The summed E-state index contributed by atoms with van der Waals surface area (Å²) in [7, 11) is -3.13. The number of nitrogens with zero attached hydrogens (tertiary/aromatic N) is 1. The van der Waals surface area contributed by atoms with E-state index in [1.165, 1.54) is 0 Å². The maximum Gasteiger partial charge on any atom is 0.232 e. The molecule has 1 heterocycles. The van der Waals surface area contributed by atoms with Gasteiger partial charge in [0.2, 0.25) is 25.1 Å². The number of hydrogen-bond donors (Lipinski definition) is 2. The van der Waals surface area contributed by atoms with Gasteiger partial charge in [-0.3, -0.25) is 23.8 Å². The second kappa shape index (κ2) is 6.99. The summed E-state index contributed by atoms with van der Waals surface area (Å²) in [6.07, 6.45) is 0.433. The molecule has 20 heavy (non-hydrogen) atoms. The summed E-state index contributed by atoms with van der Waals surface area (Å²) in [4.78, 5) is 45.1. The van der Waals surface area contributed by atoms with Crippen LogP contribution in [0.2, 0.25) is 0 Å². The molecule has 8 heteroatoms. The number of imide groups is 1. The molecule has 1 aliphatic rings. The van der Waals surface area contributed by atoms with E-state index < -0.39 is 7.37 Å². The first kappa shape index (κ1) is 16.9. The van der Waals surface area contributed by atoms with Gasteiger partial charge in [-0.25, -0.2) is 0 Å². The van der Waals surface area contributed by atoms with Crippen molar-refractivity contribution in [1.82, 2.24) is 10.2 Å². The monoisotopic (exact) mass is 304 g/mol. The number of rotatable bonds is 7. The summed E-state index contributed by atoms with van der Waals surface area (Å²) in [5.74, 6) is -1.13. The van der Waals surface area contributed by atoms with Crippen molar-refractivity contribution in [3.05, 3.63) is 0 Å². The van der Waals surface area contributed by atoms with Gasteiger partial charge in [0.1, 0.15) is 0 Å². The Bertz CT molecular complexity index is 451. The van der Waals surface area contributed by atoms with Crippen molar-refractivity contribution < 1.29 is 23.8 Å². The first-order valence-corrected chi connectivity index (χ1v) is 8.71. The van der Waals surface area contributed by atoms with E-state index >= 15 is 0 Å². The van der Waals surface area contributed by atoms with E-state index in [9.17, 15) is 23.8 Å². The number of hydrogen-bond acceptors (Lipinski definition) is 4. The van der Waals surface area contributed by atoms with Crippen molar-refractivity contribution in [3.8, 4) is 0 Å². The summed E-state index contributed by atoms with van der Waals surface area (Å²) in [5, 5.41) is 2.52. The van der Waals surface area contributed by atoms with Crippen LogP contribution in [0.3, 0.4) is 0 Å². The highest BCUT2D eigenvalue weighted by Crippen LogP contribution is 2.38. The summed E-state index contributed by atoms with van der Waals surface area (Å²) in [5.41, 5.74) is 0. The van der Waals surface area contributed by atoms with Crippen molar-refractivity contribution in [2.24, 2.45) is 5.92 Å². The van der Waals surface area contributed by atoms with E-state index in [2.05, 4.69) is 5.32 Å². The zero-order valence-corrected chi connectivity index (χ0v) is 12.7. The Morgan fingerprint density at radius 2 is 2.15 bits per heavy atom. The summed E-state index contributed by atoms with van der Waals surface area (Å²) in [6, 6.07) is 0. The lowest BCUT2D eigenvalue weighted by Crippen LogP contribution is -2.35. The van der Waals surface area contributed by atoms with Gasteiger partial charge in [0.25, 0.3) is 0 Å². The topological polar surface area (TPSA) is 104 Å². The Hall–Kier alpha value is -1.20. The largest absolute Gasteiger partial charge is 0.355 e. The van der Waals surface area contributed by atoms with Crippen LogP contribution in [0, 0.1) is 5.92 Å². The summed E-state index contributed by atoms with van der Waals surface area (Å²) >= 11 is 0. The fraction of sp³-hybridized carbons (Fsp3) is 0.750. The van der Waals surface area contributed by atoms with Crippen molar-refractivity contribution in [3.63, 3.8) is 0 Å². The van der Waals surface area contributed by atoms with Crippen LogP contribution < -0.4 is 5.32 Å². The zero-order chi connectivity index (χ0) is 15.3. The van der Waals surface area contributed by atoms with Crippen molar-refractivity contribution in [2.45, 2.75) is 26.7 Å². The van der Waals surface area contributed by atoms with Gasteiger partial charge < -0.3 is 10.2 Å². The van der Waals surface area contributed by atoms with Crippen molar-refractivity contribution in [2.75, 3.05) is 25.4 Å². The first-order chi connectivity index (χ1) is 9.26. The van der Waals surface area contributed by atoms with E-state index in [4.69, 9.17) is 0 Å². The summed E-state index contributed by atoms with van der Waals surface area (Å²) < 4.78 is 11.4. The minimum atomic E-state index is -3.13. The molecule has 0 aromatic carbocycles. The molecule has 1 aliphatic heterocycles. The average Bonchev–Trinajstić information content (AvgIpc) is 2.61. The maximum absolute atomic E-state index is 11.6. The predicted octanol–water partition coefficient (Wildman–Crippen LogP) is 0.178. The Labute approximate surface area is 118 Å². The highest BCUT2D eigenvalue weighted by Gasteiger charge is 2.35. The number of carbonyl (C=O) groups is 3. The Morgan fingerprint density at radius 1 is 1.50 bits per heavy atom. The van der Waals surface area contributed by atoms with Gasteiger partial charge in [-0.15, -0.1) is 0 Å². The van der Waals surface area contributed by atoms with Crippen LogP contribution >= 0.6 is 7.37 Å². The van der Waals surface area contributed by atoms with E-state index in [1.807, 2.05) is 0 Å². The quantitative estimate of drug-likeness (QED) is 0.516. The molecule has 2 atom stereocenters. The van der Waals surface area contributed by atoms with Crippen LogP contribution in [0.15, 0.2) is 0 Å². The molecular weight excluding hydrogens is 283 g/mol. The van der Waals surface area contributed by atoms with Crippen LogP contribution in [0.25, 0.3) is 0 Å². The van der Waals surface area contributed by atoms with Gasteiger partial charge >= 0.3 is 0 Å². The number of amides is 3. The molecule has 7 nitrogen and oxygen atoms in total. The van der Waals surface area contributed by atoms with Crippen LogP contribution in [-0.2, 0) is 18.9 Å². The molecule has 0 spiro atoms. The summed E-state index contributed by atoms with van der Waals surface area (Å²) in [6.45, 7) is 3.50. The Kier molecular flexibility index (Phi) is 5.89. The second-order valence-electron chi connectivity index (χ2n) is 4.97. The molecule has 0 aliphatic carbocycles. The molecule has 0 aromatic rings. The van der Waals surface area contributed by atoms with E-state index in [0.717, 1.165) is 4.90 Å². The molecular formula is C12H21N2O5P. The third kappa shape index (κ3) is 4.72. The van der Waals surface area contributed by atoms with E-state index in [0.29, 0.717) is 0 Å². The second-order valence-corrected chi connectivity index (χ2v) is 7.75. The number of carbonyl (C=O) groups excluding carboxylic acids is 3. The van der Waals surface area contributed by atoms with Crippen LogP contribution in [0.5, 0.6) is 0 Å². The highest BCUT2D eigenvalue weighted by molar-refractivity contribution is 7.57. The molecule has 2 N–H and O–H groups in total. The van der Waals surface area contributed by atoms with Gasteiger partial charge in [0.15, 0.2) is 0 Å². The third-order valence-electron chi connectivity index (χ3n) is 3.31. The molecule has 1 saturated heterocycles. The van der Waals surface area contributed by atoms with Gasteiger partial charge in [-0.05, 0) is 0 Å². The lowest BCUT2D eigenvalue weighted by Gasteiger charge is -2.14. The molecule has 0 bridgehead atoms. The number of likely N-dealkylation sites (tertiary alicyclic amines) is 1.